The van der Waals surface area contributed by atoms with E-state index < -0.39 is 22.8 Å². The Labute approximate surface area is 229 Å². The number of hydrogen-bond acceptors (Lipinski definition) is 7. The minimum atomic E-state index is -0.740. The number of Topliss-reactive ketones (excluding diaryl/α,β-unsaturated/α-hetero) is 2. The number of nitrogens with zero attached hydrogens (tertiary/aromatic N) is 2. The first kappa shape index (κ1) is 29.5. The van der Waals surface area contributed by atoms with Crippen LogP contribution in [0.4, 0.5) is 0 Å². The maximum absolute atomic E-state index is 13.8. The monoisotopic (exact) mass is 544 g/mol. The van der Waals surface area contributed by atoms with E-state index in [-0.39, 0.29) is 48.0 Å². The number of ketones is 2. The molecule has 37 heavy (non-hydrogen) atoms. The number of benzene rings is 1. The smallest absolute Gasteiger partial charge is 0.228 e. The zero-order valence-corrected chi connectivity index (χ0v) is 24.7. The predicted molar refractivity (Wildman–Crippen MR) is 152 cm³/mol. The quantitative estimate of drug-likeness (QED) is 0.426. The third-order valence-electron chi connectivity index (χ3n) is 6.75. The van der Waals surface area contributed by atoms with Gasteiger partial charge in [0.05, 0.1) is 34.1 Å². The van der Waals surface area contributed by atoms with Crippen molar-refractivity contribution in [3.8, 4) is 10.4 Å². The molecule has 1 aliphatic heterocycles. The van der Waals surface area contributed by atoms with Gasteiger partial charge in [0.15, 0.2) is 5.78 Å². The number of carbonyl (C=O) groups is 3. The lowest BCUT2D eigenvalue weighted by Gasteiger charge is -2.40. The van der Waals surface area contributed by atoms with Crippen molar-refractivity contribution < 1.29 is 19.5 Å². The number of hydrogen-bond donors (Lipinski definition) is 1. The Morgan fingerprint density at radius 2 is 1.81 bits per heavy atom. The van der Waals surface area contributed by atoms with Gasteiger partial charge in [0.1, 0.15) is 5.78 Å². The van der Waals surface area contributed by atoms with Crippen LogP contribution in [0, 0.1) is 12.8 Å². The van der Waals surface area contributed by atoms with Crippen LogP contribution in [-0.4, -0.2) is 60.6 Å². The van der Waals surface area contributed by atoms with Gasteiger partial charge in [-0.15, -0.1) is 23.1 Å². The van der Waals surface area contributed by atoms with Gasteiger partial charge in [-0.05, 0) is 45.2 Å². The number of aromatic nitrogens is 1. The summed E-state index contributed by atoms with van der Waals surface area (Å²) in [6, 6.07) is 7.51. The maximum atomic E-state index is 13.8. The molecule has 0 aliphatic carbocycles. The Bertz CT molecular complexity index is 1120. The van der Waals surface area contributed by atoms with Gasteiger partial charge in [0, 0.05) is 35.3 Å². The Hall–Kier alpha value is -2.03. The summed E-state index contributed by atoms with van der Waals surface area (Å²) in [5.74, 6) is -0.885. The summed E-state index contributed by atoms with van der Waals surface area (Å²) in [7, 11) is 0. The Morgan fingerprint density at radius 1 is 1.16 bits per heavy atom. The van der Waals surface area contributed by atoms with E-state index in [4.69, 9.17) is 0 Å². The zero-order valence-electron chi connectivity index (χ0n) is 23.0. The highest BCUT2D eigenvalue weighted by molar-refractivity contribution is 8.01. The minimum Gasteiger partial charge on any atom is -0.391 e. The van der Waals surface area contributed by atoms with Crippen LogP contribution in [0.1, 0.15) is 72.1 Å². The van der Waals surface area contributed by atoms with Crippen LogP contribution in [0.3, 0.4) is 0 Å². The molecular weight excluding hydrogens is 504 g/mol. The zero-order chi connectivity index (χ0) is 27.5. The highest BCUT2D eigenvalue weighted by Gasteiger charge is 2.46. The van der Waals surface area contributed by atoms with E-state index in [1.54, 1.807) is 28.0 Å². The average Bonchev–Trinajstić information content (AvgIpc) is 3.39. The number of thioether (sulfide) groups is 1. The van der Waals surface area contributed by atoms with Crippen molar-refractivity contribution in [1.29, 1.82) is 0 Å². The molecule has 6 nitrogen and oxygen atoms in total. The van der Waals surface area contributed by atoms with Crippen molar-refractivity contribution in [1.82, 2.24) is 9.88 Å². The van der Waals surface area contributed by atoms with E-state index >= 15 is 0 Å². The van der Waals surface area contributed by atoms with E-state index in [1.165, 1.54) is 6.92 Å². The van der Waals surface area contributed by atoms with E-state index in [9.17, 15) is 19.5 Å². The minimum absolute atomic E-state index is 0.0462. The SMILES string of the molecule is CC(=O)C[C@H](C(=O)N1C[C@H](O)C[C@H]1C(=O)CCc1ccc(-c2scnc2C)cc1)C(C)(C)SC(C)(C)C. The molecule has 0 radical (unpaired) electrons. The van der Waals surface area contributed by atoms with Crippen molar-refractivity contribution in [2.45, 2.75) is 95.8 Å². The summed E-state index contributed by atoms with van der Waals surface area (Å²) in [5.41, 5.74) is 5.00. The Kier molecular flexibility index (Phi) is 9.41. The molecule has 1 aromatic heterocycles. The molecule has 1 N–H and O–H groups in total. The second-order valence-electron chi connectivity index (χ2n) is 11.6. The topological polar surface area (TPSA) is 87.6 Å². The van der Waals surface area contributed by atoms with Crippen LogP contribution in [0.25, 0.3) is 10.4 Å². The molecule has 0 bridgehead atoms. The normalized spacial score (nSPS) is 19.2. The van der Waals surface area contributed by atoms with Gasteiger partial charge in [-0.1, -0.05) is 45.0 Å². The van der Waals surface area contributed by atoms with Gasteiger partial charge in [-0.3, -0.25) is 9.59 Å². The van der Waals surface area contributed by atoms with E-state index in [0.717, 1.165) is 21.7 Å². The van der Waals surface area contributed by atoms with Crippen molar-refractivity contribution in [2.75, 3.05) is 6.54 Å². The molecule has 8 heteroatoms. The number of β-amino-alcohol motifs (C(OH)–C–C–N with tert-alkyl or cyclic N) is 1. The number of carbonyl (C=O) groups excluding carboxylic acids is 3. The second kappa shape index (κ2) is 11.8. The van der Waals surface area contributed by atoms with Crippen LogP contribution in [0.5, 0.6) is 0 Å². The fourth-order valence-corrected chi connectivity index (χ4v) is 7.89. The molecule has 1 amide bonds. The van der Waals surface area contributed by atoms with Crippen LogP contribution >= 0.6 is 23.1 Å². The summed E-state index contributed by atoms with van der Waals surface area (Å²) < 4.78 is -0.618. The third-order valence-corrected chi connectivity index (χ3v) is 9.15. The molecule has 2 heterocycles. The lowest BCUT2D eigenvalue weighted by molar-refractivity contribution is -0.143. The van der Waals surface area contributed by atoms with Crippen molar-refractivity contribution in [3.63, 3.8) is 0 Å². The predicted octanol–water partition coefficient (Wildman–Crippen LogP) is 5.49. The largest absolute Gasteiger partial charge is 0.391 e. The summed E-state index contributed by atoms with van der Waals surface area (Å²) in [5, 5.41) is 10.4. The number of aliphatic hydroxyl groups excluding tert-OH is 1. The first-order chi connectivity index (χ1) is 17.2. The van der Waals surface area contributed by atoms with Crippen LogP contribution in [0.2, 0.25) is 0 Å². The first-order valence-electron chi connectivity index (χ1n) is 12.9. The van der Waals surface area contributed by atoms with Crippen molar-refractivity contribution >= 4 is 40.6 Å². The van der Waals surface area contributed by atoms with E-state index in [2.05, 4.69) is 37.9 Å². The van der Waals surface area contributed by atoms with Gasteiger partial charge >= 0.3 is 0 Å². The Morgan fingerprint density at radius 3 is 2.35 bits per heavy atom. The van der Waals surface area contributed by atoms with Gasteiger partial charge in [0.25, 0.3) is 0 Å². The molecule has 2 aromatic rings. The fourth-order valence-electron chi connectivity index (χ4n) is 5.18. The molecule has 202 valence electrons. The summed E-state index contributed by atoms with van der Waals surface area (Å²) in [6.07, 6.45) is 0.480. The second-order valence-corrected chi connectivity index (χ2v) is 14.9. The van der Waals surface area contributed by atoms with Gasteiger partial charge in [-0.25, -0.2) is 4.98 Å². The van der Waals surface area contributed by atoms with Gasteiger partial charge in [0.2, 0.25) is 5.91 Å². The molecule has 1 aromatic carbocycles. The lowest BCUT2D eigenvalue weighted by Crippen LogP contribution is -2.49. The van der Waals surface area contributed by atoms with Gasteiger partial charge < -0.3 is 14.8 Å². The van der Waals surface area contributed by atoms with Crippen molar-refractivity contribution in [2.24, 2.45) is 5.92 Å². The number of rotatable bonds is 10. The van der Waals surface area contributed by atoms with Crippen LogP contribution < -0.4 is 0 Å². The van der Waals surface area contributed by atoms with E-state index in [0.29, 0.717) is 6.42 Å². The van der Waals surface area contributed by atoms with Crippen LogP contribution in [-0.2, 0) is 20.8 Å². The Balaban J connectivity index is 1.72. The fraction of sp³-hybridized carbons (Fsp3) is 0.586. The molecule has 0 saturated carbocycles. The summed E-state index contributed by atoms with van der Waals surface area (Å²) >= 11 is 3.27. The molecule has 1 fully saturated rings. The lowest BCUT2D eigenvalue weighted by atomic mass is 9.88. The highest BCUT2D eigenvalue weighted by atomic mass is 32.2. The molecule has 3 atom stereocenters. The molecule has 1 saturated heterocycles. The first-order valence-corrected chi connectivity index (χ1v) is 14.6. The molecule has 1 aliphatic rings. The maximum Gasteiger partial charge on any atom is 0.228 e. The molecule has 0 spiro atoms. The number of thiazole rings is 1. The number of likely N-dealkylation sites (tertiary alicyclic amines) is 1. The highest BCUT2D eigenvalue weighted by Crippen LogP contribution is 2.43. The van der Waals surface area contributed by atoms with E-state index in [1.807, 2.05) is 38.4 Å². The van der Waals surface area contributed by atoms with Crippen molar-refractivity contribution in [3.05, 3.63) is 41.0 Å². The molecular formula is C29H40N2O4S2. The van der Waals surface area contributed by atoms with Crippen LogP contribution in [0.15, 0.2) is 29.8 Å². The summed E-state index contributed by atoms with van der Waals surface area (Å²) in [4.78, 5) is 46.3. The third kappa shape index (κ3) is 7.74. The average molecular weight is 545 g/mol. The number of aliphatic hydroxyl groups is 1. The summed E-state index contributed by atoms with van der Waals surface area (Å²) in [6.45, 7) is 13.9. The number of amides is 1. The number of aryl methyl sites for hydroxylation is 2. The standard InChI is InChI=1S/C29H40N2O4S2/c1-18(32)14-23(29(6,7)37-28(3,4)5)27(35)31-16-22(33)15-24(31)25(34)13-10-20-8-11-21(12-9-20)26-19(2)30-17-36-26/h8-9,11-12,17,22-24,33H,10,13-16H2,1-7H3/t22-,23-,24+/m1/s1. The van der Waals surface area contributed by atoms with Gasteiger partial charge in [-0.2, -0.15) is 0 Å². The molecule has 3 rings (SSSR count). The molecule has 0 unspecified atom stereocenters.